The highest BCUT2D eigenvalue weighted by atomic mass is 16.5. The summed E-state index contributed by atoms with van der Waals surface area (Å²) in [6.07, 6.45) is 0. The van der Waals surface area contributed by atoms with Gasteiger partial charge in [-0.05, 0) is 18.9 Å². The van der Waals surface area contributed by atoms with E-state index in [2.05, 4.69) is 19.2 Å². The molecule has 0 bridgehead atoms. The summed E-state index contributed by atoms with van der Waals surface area (Å²) >= 11 is 0. The number of phenolic OH excluding ortho intramolecular Hbond substituents is 2. The van der Waals surface area contributed by atoms with E-state index in [-0.39, 0.29) is 17.5 Å². The maximum Gasteiger partial charge on any atom is 0.124 e. The quantitative estimate of drug-likeness (QED) is 0.653. The predicted molar refractivity (Wildman–Crippen MR) is 71.8 cm³/mol. The molecular weight excluding hydrogens is 230 g/mol. The monoisotopic (exact) mass is 253 g/mol. The molecule has 102 valence electrons. The van der Waals surface area contributed by atoms with E-state index < -0.39 is 0 Å². The van der Waals surface area contributed by atoms with Gasteiger partial charge in [0.15, 0.2) is 0 Å². The molecule has 0 aliphatic rings. The van der Waals surface area contributed by atoms with Crippen LogP contribution < -0.4 is 5.32 Å². The predicted octanol–water partition coefficient (Wildman–Crippen LogP) is 2.42. The topological polar surface area (TPSA) is 61.7 Å². The lowest BCUT2D eigenvalue weighted by atomic mass is 10.1. The van der Waals surface area contributed by atoms with Gasteiger partial charge in [-0.15, -0.1) is 0 Å². The van der Waals surface area contributed by atoms with Crippen molar-refractivity contribution >= 4 is 0 Å². The van der Waals surface area contributed by atoms with Crippen molar-refractivity contribution in [2.24, 2.45) is 5.92 Å². The second kappa shape index (κ2) is 7.24. The molecule has 0 saturated carbocycles. The summed E-state index contributed by atoms with van der Waals surface area (Å²) in [7, 11) is 0. The molecule has 4 nitrogen and oxygen atoms in total. The van der Waals surface area contributed by atoms with Crippen LogP contribution in [0.4, 0.5) is 0 Å². The SMILES string of the molecule is CC(C)COCCNC(C)c1ccc(O)cc1O. The van der Waals surface area contributed by atoms with E-state index in [9.17, 15) is 10.2 Å². The van der Waals surface area contributed by atoms with Crippen LogP contribution in [-0.2, 0) is 4.74 Å². The fourth-order valence-electron chi connectivity index (χ4n) is 1.67. The van der Waals surface area contributed by atoms with Crippen molar-refractivity contribution in [2.45, 2.75) is 26.8 Å². The third-order valence-electron chi connectivity index (χ3n) is 2.63. The van der Waals surface area contributed by atoms with Gasteiger partial charge in [0.05, 0.1) is 6.61 Å². The van der Waals surface area contributed by atoms with Crippen LogP contribution in [0.5, 0.6) is 11.5 Å². The normalized spacial score (nSPS) is 12.9. The molecule has 0 aliphatic heterocycles. The molecule has 0 aromatic heterocycles. The largest absolute Gasteiger partial charge is 0.508 e. The van der Waals surface area contributed by atoms with Crippen molar-refractivity contribution in [2.75, 3.05) is 19.8 Å². The third kappa shape index (κ3) is 4.94. The summed E-state index contributed by atoms with van der Waals surface area (Å²) in [6.45, 7) is 8.35. The molecule has 0 heterocycles. The fourth-order valence-corrected chi connectivity index (χ4v) is 1.67. The van der Waals surface area contributed by atoms with Gasteiger partial charge in [-0.1, -0.05) is 19.9 Å². The molecule has 0 amide bonds. The van der Waals surface area contributed by atoms with E-state index in [4.69, 9.17) is 4.74 Å². The van der Waals surface area contributed by atoms with Crippen molar-refractivity contribution in [3.05, 3.63) is 23.8 Å². The lowest BCUT2D eigenvalue weighted by Crippen LogP contribution is -2.24. The summed E-state index contributed by atoms with van der Waals surface area (Å²) in [5.41, 5.74) is 0.775. The summed E-state index contributed by atoms with van der Waals surface area (Å²) < 4.78 is 5.47. The number of hydrogen-bond donors (Lipinski definition) is 3. The van der Waals surface area contributed by atoms with Crippen molar-refractivity contribution in [1.82, 2.24) is 5.32 Å². The number of ether oxygens (including phenoxy) is 1. The Labute approximate surface area is 109 Å². The molecule has 18 heavy (non-hydrogen) atoms. The highest BCUT2D eigenvalue weighted by Crippen LogP contribution is 2.27. The summed E-state index contributed by atoms with van der Waals surface area (Å²) in [5, 5.41) is 22.2. The highest BCUT2D eigenvalue weighted by Gasteiger charge is 2.09. The number of rotatable bonds is 7. The first-order valence-corrected chi connectivity index (χ1v) is 6.33. The Kier molecular flexibility index (Phi) is 5.95. The van der Waals surface area contributed by atoms with E-state index >= 15 is 0 Å². The number of hydrogen-bond acceptors (Lipinski definition) is 4. The van der Waals surface area contributed by atoms with Crippen LogP contribution in [0, 0.1) is 5.92 Å². The van der Waals surface area contributed by atoms with Crippen LogP contribution in [0.1, 0.15) is 32.4 Å². The van der Waals surface area contributed by atoms with E-state index in [0.717, 1.165) is 18.7 Å². The molecule has 1 aromatic rings. The summed E-state index contributed by atoms with van der Waals surface area (Å²) in [6, 6.07) is 4.66. The van der Waals surface area contributed by atoms with Gasteiger partial charge in [-0.2, -0.15) is 0 Å². The number of benzene rings is 1. The molecule has 0 fully saturated rings. The van der Waals surface area contributed by atoms with Gasteiger partial charge in [0.25, 0.3) is 0 Å². The Morgan fingerprint density at radius 3 is 2.56 bits per heavy atom. The smallest absolute Gasteiger partial charge is 0.124 e. The molecule has 0 radical (unpaired) electrons. The minimum absolute atomic E-state index is 0.0215. The first kappa shape index (κ1) is 14.8. The Morgan fingerprint density at radius 2 is 1.94 bits per heavy atom. The molecule has 0 spiro atoms. The second-order valence-corrected chi connectivity index (χ2v) is 4.89. The molecule has 4 heteroatoms. The van der Waals surface area contributed by atoms with Crippen LogP contribution >= 0.6 is 0 Å². The van der Waals surface area contributed by atoms with E-state index in [1.807, 2.05) is 6.92 Å². The average Bonchev–Trinajstić information content (AvgIpc) is 2.27. The lowest BCUT2D eigenvalue weighted by Gasteiger charge is -2.16. The van der Waals surface area contributed by atoms with Crippen LogP contribution in [0.25, 0.3) is 0 Å². The van der Waals surface area contributed by atoms with Gasteiger partial charge in [0.2, 0.25) is 0 Å². The van der Waals surface area contributed by atoms with Gasteiger partial charge < -0.3 is 20.3 Å². The molecule has 1 aromatic carbocycles. The van der Waals surface area contributed by atoms with Crippen LogP contribution in [0.3, 0.4) is 0 Å². The first-order chi connectivity index (χ1) is 8.50. The lowest BCUT2D eigenvalue weighted by molar-refractivity contribution is 0.110. The zero-order valence-corrected chi connectivity index (χ0v) is 11.3. The molecule has 3 N–H and O–H groups in total. The average molecular weight is 253 g/mol. The first-order valence-electron chi connectivity index (χ1n) is 6.33. The Morgan fingerprint density at radius 1 is 1.22 bits per heavy atom. The molecule has 0 aliphatic carbocycles. The van der Waals surface area contributed by atoms with Crippen LogP contribution in [0.2, 0.25) is 0 Å². The molecule has 1 rings (SSSR count). The molecule has 1 unspecified atom stereocenters. The Bertz CT molecular complexity index is 366. The minimum atomic E-state index is 0.0215. The Hall–Kier alpha value is -1.26. The fraction of sp³-hybridized carbons (Fsp3) is 0.571. The summed E-state index contributed by atoms with van der Waals surface area (Å²) in [5.74, 6) is 0.727. The Balaban J connectivity index is 2.34. The van der Waals surface area contributed by atoms with E-state index in [1.165, 1.54) is 6.07 Å². The van der Waals surface area contributed by atoms with Gasteiger partial charge in [-0.3, -0.25) is 0 Å². The van der Waals surface area contributed by atoms with Crippen molar-refractivity contribution in [3.63, 3.8) is 0 Å². The zero-order chi connectivity index (χ0) is 13.5. The van der Waals surface area contributed by atoms with Gasteiger partial charge in [-0.25, -0.2) is 0 Å². The van der Waals surface area contributed by atoms with Gasteiger partial charge in [0, 0.05) is 30.8 Å². The second-order valence-electron chi connectivity index (χ2n) is 4.89. The molecular formula is C14H23NO3. The number of aromatic hydroxyl groups is 2. The van der Waals surface area contributed by atoms with Crippen LogP contribution in [0.15, 0.2) is 18.2 Å². The minimum Gasteiger partial charge on any atom is -0.508 e. The number of phenols is 2. The van der Waals surface area contributed by atoms with Crippen LogP contribution in [-0.4, -0.2) is 30.0 Å². The van der Waals surface area contributed by atoms with E-state index in [0.29, 0.717) is 12.5 Å². The molecule has 0 saturated heterocycles. The van der Waals surface area contributed by atoms with E-state index in [1.54, 1.807) is 12.1 Å². The third-order valence-corrected chi connectivity index (χ3v) is 2.63. The van der Waals surface area contributed by atoms with Gasteiger partial charge >= 0.3 is 0 Å². The maximum atomic E-state index is 9.71. The van der Waals surface area contributed by atoms with Crippen molar-refractivity contribution in [3.8, 4) is 11.5 Å². The number of nitrogens with one attached hydrogen (secondary N) is 1. The molecule has 1 atom stereocenters. The zero-order valence-electron chi connectivity index (χ0n) is 11.3. The standard InChI is InChI=1S/C14H23NO3/c1-10(2)9-18-7-6-15-11(3)13-5-4-12(16)8-14(13)17/h4-5,8,10-11,15-17H,6-7,9H2,1-3H3. The van der Waals surface area contributed by atoms with Gasteiger partial charge in [0.1, 0.15) is 11.5 Å². The van der Waals surface area contributed by atoms with Crippen molar-refractivity contribution < 1.29 is 14.9 Å². The maximum absolute atomic E-state index is 9.71. The van der Waals surface area contributed by atoms with Crippen molar-refractivity contribution in [1.29, 1.82) is 0 Å². The highest BCUT2D eigenvalue weighted by molar-refractivity contribution is 5.40. The summed E-state index contributed by atoms with van der Waals surface area (Å²) in [4.78, 5) is 0.